The van der Waals surface area contributed by atoms with E-state index in [9.17, 15) is 12.8 Å². The van der Waals surface area contributed by atoms with Crippen molar-refractivity contribution in [2.75, 3.05) is 16.8 Å². The molecule has 0 saturated carbocycles. The standard InChI is InChI=1S/C10H11ClFNO2S/c11-7-1-2-10(9(12)5-7)13-8-3-4-16(14,15)6-8/h1-2,5,8,13H,3-4,6H2/t8-/m1/s1. The first-order valence-corrected chi connectivity index (χ1v) is 7.08. The van der Waals surface area contributed by atoms with Crippen LogP contribution in [0.4, 0.5) is 10.1 Å². The van der Waals surface area contributed by atoms with Crippen LogP contribution in [0.1, 0.15) is 6.42 Å². The normalized spacial score (nSPS) is 23.2. The van der Waals surface area contributed by atoms with Gasteiger partial charge in [-0.2, -0.15) is 0 Å². The third-order valence-electron chi connectivity index (χ3n) is 2.52. The molecule has 1 heterocycles. The Bertz CT molecular complexity index is 504. The number of hydrogen-bond donors (Lipinski definition) is 1. The summed E-state index contributed by atoms with van der Waals surface area (Å²) in [5.74, 6) is -0.230. The van der Waals surface area contributed by atoms with Crippen molar-refractivity contribution in [2.45, 2.75) is 12.5 Å². The van der Waals surface area contributed by atoms with E-state index in [4.69, 9.17) is 11.6 Å². The van der Waals surface area contributed by atoms with Gasteiger partial charge in [0.25, 0.3) is 0 Å². The minimum absolute atomic E-state index is 0.0646. The molecule has 0 aliphatic carbocycles. The summed E-state index contributed by atoms with van der Waals surface area (Å²) in [6.45, 7) is 0. The van der Waals surface area contributed by atoms with Gasteiger partial charge in [0, 0.05) is 11.1 Å². The van der Waals surface area contributed by atoms with Crippen molar-refractivity contribution in [2.24, 2.45) is 0 Å². The van der Waals surface area contributed by atoms with Gasteiger partial charge in [0.1, 0.15) is 5.82 Å². The van der Waals surface area contributed by atoms with E-state index in [2.05, 4.69) is 5.32 Å². The van der Waals surface area contributed by atoms with Crippen molar-refractivity contribution in [3.63, 3.8) is 0 Å². The van der Waals surface area contributed by atoms with Gasteiger partial charge in [-0.1, -0.05) is 11.6 Å². The van der Waals surface area contributed by atoms with Crippen LogP contribution in [0.3, 0.4) is 0 Å². The highest BCUT2D eigenvalue weighted by atomic mass is 35.5. The highest BCUT2D eigenvalue weighted by Gasteiger charge is 2.28. The minimum atomic E-state index is -2.95. The van der Waals surface area contributed by atoms with Crippen LogP contribution in [0.5, 0.6) is 0 Å². The number of benzene rings is 1. The zero-order valence-electron chi connectivity index (χ0n) is 8.41. The SMILES string of the molecule is O=S1(=O)CC[C@@H](Nc2ccc(Cl)cc2F)C1. The predicted octanol–water partition coefficient (Wildman–Crippen LogP) is 2.08. The van der Waals surface area contributed by atoms with Crippen molar-refractivity contribution in [1.29, 1.82) is 0 Å². The molecule has 16 heavy (non-hydrogen) atoms. The van der Waals surface area contributed by atoms with Gasteiger partial charge in [-0.05, 0) is 24.6 Å². The molecule has 1 aromatic carbocycles. The average Bonchev–Trinajstić information content (AvgIpc) is 2.51. The van der Waals surface area contributed by atoms with Crippen LogP contribution in [-0.2, 0) is 9.84 Å². The highest BCUT2D eigenvalue weighted by molar-refractivity contribution is 7.91. The van der Waals surface area contributed by atoms with Crippen LogP contribution in [0.2, 0.25) is 5.02 Å². The van der Waals surface area contributed by atoms with Crippen LogP contribution in [0.15, 0.2) is 18.2 Å². The summed E-state index contributed by atoms with van der Waals surface area (Å²) in [5, 5.41) is 3.20. The largest absolute Gasteiger partial charge is 0.379 e. The third kappa shape index (κ3) is 2.65. The molecular formula is C10H11ClFNO2S. The van der Waals surface area contributed by atoms with Gasteiger partial charge in [0.15, 0.2) is 9.84 Å². The molecule has 1 aromatic rings. The maximum absolute atomic E-state index is 13.4. The molecule has 88 valence electrons. The van der Waals surface area contributed by atoms with Crippen LogP contribution in [0.25, 0.3) is 0 Å². The molecule has 1 N–H and O–H groups in total. The summed E-state index contributed by atoms with van der Waals surface area (Å²) in [5.41, 5.74) is 0.298. The van der Waals surface area contributed by atoms with Gasteiger partial charge in [-0.3, -0.25) is 0 Å². The summed E-state index contributed by atoms with van der Waals surface area (Å²) in [7, 11) is -2.95. The molecular weight excluding hydrogens is 253 g/mol. The van der Waals surface area contributed by atoms with Crippen molar-refractivity contribution < 1.29 is 12.8 Å². The molecule has 1 fully saturated rings. The molecule has 1 aliphatic rings. The number of rotatable bonds is 2. The summed E-state index contributed by atoms with van der Waals surface area (Å²) < 4.78 is 35.8. The van der Waals surface area contributed by atoms with Crippen molar-refractivity contribution in [3.8, 4) is 0 Å². The number of anilines is 1. The summed E-state index contributed by atoms with van der Waals surface area (Å²) in [6.07, 6.45) is 0.518. The molecule has 0 spiro atoms. The number of sulfone groups is 1. The molecule has 0 radical (unpaired) electrons. The van der Waals surface area contributed by atoms with Gasteiger partial charge < -0.3 is 5.32 Å². The van der Waals surface area contributed by atoms with Crippen molar-refractivity contribution in [1.82, 2.24) is 0 Å². The van der Waals surface area contributed by atoms with E-state index < -0.39 is 15.7 Å². The Labute approximate surface area is 98.5 Å². The monoisotopic (exact) mass is 263 g/mol. The molecule has 0 amide bonds. The summed E-state index contributed by atoms with van der Waals surface area (Å²) >= 11 is 5.62. The smallest absolute Gasteiger partial charge is 0.152 e. The second-order valence-corrected chi connectivity index (χ2v) is 6.53. The fourth-order valence-electron chi connectivity index (χ4n) is 1.74. The average molecular weight is 264 g/mol. The molecule has 1 saturated heterocycles. The lowest BCUT2D eigenvalue weighted by atomic mass is 10.2. The van der Waals surface area contributed by atoms with E-state index in [0.29, 0.717) is 17.1 Å². The Hall–Kier alpha value is -0.810. The fourth-order valence-corrected chi connectivity index (χ4v) is 3.57. The maximum atomic E-state index is 13.4. The lowest BCUT2D eigenvalue weighted by Gasteiger charge is -2.12. The summed E-state index contributed by atoms with van der Waals surface area (Å²) in [4.78, 5) is 0. The topological polar surface area (TPSA) is 46.2 Å². The Morgan fingerprint density at radius 3 is 2.75 bits per heavy atom. The highest BCUT2D eigenvalue weighted by Crippen LogP contribution is 2.22. The number of halogens is 2. The zero-order chi connectivity index (χ0) is 11.8. The number of hydrogen-bond acceptors (Lipinski definition) is 3. The van der Waals surface area contributed by atoms with Crippen LogP contribution < -0.4 is 5.32 Å². The zero-order valence-corrected chi connectivity index (χ0v) is 9.98. The summed E-state index contributed by atoms with van der Waals surface area (Å²) in [6, 6.07) is 4.08. The Morgan fingerprint density at radius 2 is 2.19 bits per heavy atom. The molecule has 6 heteroatoms. The second-order valence-electron chi connectivity index (χ2n) is 3.87. The first kappa shape index (κ1) is 11.7. The molecule has 1 atom stereocenters. The van der Waals surface area contributed by atoms with Crippen LogP contribution in [-0.4, -0.2) is 26.0 Å². The minimum Gasteiger partial charge on any atom is -0.379 e. The predicted molar refractivity (Wildman–Crippen MR) is 62.1 cm³/mol. The van der Waals surface area contributed by atoms with Crippen LogP contribution >= 0.6 is 11.6 Å². The molecule has 0 aromatic heterocycles. The maximum Gasteiger partial charge on any atom is 0.152 e. The Balaban J connectivity index is 2.11. The van der Waals surface area contributed by atoms with Gasteiger partial charge in [0.05, 0.1) is 17.2 Å². The fraction of sp³-hybridized carbons (Fsp3) is 0.400. The van der Waals surface area contributed by atoms with E-state index in [1.807, 2.05) is 0 Å². The lowest BCUT2D eigenvalue weighted by Crippen LogP contribution is -2.21. The van der Waals surface area contributed by atoms with Crippen molar-refractivity contribution in [3.05, 3.63) is 29.0 Å². The van der Waals surface area contributed by atoms with Gasteiger partial charge in [-0.15, -0.1) is 0 Å². The van der Waals surface area contributed by atoms with Gasteiger partial charge >= 0.3 is 0 Å². The first-order valence-electron chi connectivity index (χ1n) is 4.88. The quantitative estimate of drug-likeness (QED) is 0.889. The Kier molecular flexibility index (Phi) is 3.08. The third-order valence-corrected chi connectivity index (χ3v) is 4.53. The van der Waals surface area contributed by atoms with Gasteiger partial charge in [0.2, 0.25) is 0 Å². The molecule has 0 bridgehead atoms. The lowest BCUT2D eigenvalue weighted by molar-refractivity contribution is 0.601. The first-order chi connectivity index (χ1) is 7.46. The van der Waals surface area contributed by atoms with Crippen LogP contribution in [0, 0.1) is 5.82 Å². The van der Waals surface area contributed by atoms with E-state index in [1.165, 1.54) is 12.1 Å². The molecule has 3 nitrogen and oxygen atoms in total. The number of nitrogens with one attached hydrogen (secondary N) is 1. The van der Waals surface area contributed by atoms with E-state index in [0.717, 1.165) is 0 Å². The molecule has 1 aliphatic heterocycles. The van der Waals surface area contributed by atoms with E-state index >= 15 is 0 Å². The second kappa shape index (κ2) is 4.22. The molecule has 2 rings (SSSR count). The van der Waals surface area contributed by atoms with Gasteiger partial charge in [-0.25, -0.2) is 12.8 Å². The van der Waals surface area contributed by atoms with Crippen molar-refractivity contribution >= 4 is 27.1 Å². The Morgan fingerprint density at radius 1 is 1.44 bits per heavy atom. The van der Waals surface area contributed by atoms with E-state index in [1.54, 1.807) is 6.07 Å². The van der Waals surface area contributed by atoms with E-state index in [-0.39, 0.29) is 17.5 Å². The molecule has 0 unspecified atom stereocenters.